The largest absolute Gasteiger partial charge is 1.00 e. The first-order chi connectivity index (χ1) is 7.49. The minimum Gasteiger partial charge on any atom is -1.00 e. The Bertz CT molecular complexity index is 281. The lowest BCUT2D eigenvalue weighted by Crippen LogP contribution is -3.00. The Morgan fingerprint density at radius 2 is 1.88 bits per heavy atom. The van der Waals surface area contributed by atoms with E-state index in [1.165, 1.54) is 32.6 Å². The molecular formula is C13H24INO2. The zero-order valence-electron chi connectivity index (χ0n) is 11.1. The van der Waals surface area contributed by atoms with Gasteiger partial charge in [0.15, 0.2) is 6.10 Å². The molecule has 0 bridgehead atoms. The molecule has 100 valence electrons. The number of halogens is 1. The van der Waals surface area contributed by atoms with Gasteiger partial charge in [0.1, 0.15) is 6.54 Å². The second kappa shape index (κ2) is 5.87. The minimum atomic E-state index is -0.126. The summed E-state index contributed by atoms with van der Waals surface area (Å²) in [6, 6.07) is 0.792. The highest BCUT2D eigenvalue weighted by Crippen LogP contribution is 2.38. The number of esters is 1. The van der Waals surface area contributed by atoms with Crippen LogP contribution in [0.5, 0.6) is 0 Å². The van der Waals surface area contributed by atoms with E-state index < -0.39 is 0 Å². The standard InChI is InChI=1S/C13H24NO2.HI/c1-10(15)16-12-8-11-6-4-5-7-13(11)14(2,3)9-12;/h11-13H,4-9H2,1-3H3;1H/q+1;/p-1. The molecular weight excluding hydrogens is 329 g/mol. The van der Waals surface area contributed by atoms with Crippen molar-refractivity contribution in [1.82, 2.24) is 0 Å². The average molecular weight is 353 g/mol. The third-order valence-electron chi connectivity index (χ3n) is 4.34. The van der Waals surface area contributed by atoms with Crippen molar-refractivity contribution in [3.05, 3.63) is 0 Å². The van der Waals surface area contributed by atoms with E-state index in [0.29, 0.717) is 0 Å². The van der Waals surface area contributed by atoms with Crippen molar-refractivity contribution < 1.29 is 38.0 Å². The minimum absolute atomic E-state index is 0. The summed E-state index contributed by atoms with van der Waals surface area (Å²) in [4.78, 5) is 11.1. The van der Waals surface area contributed by atoms with Gasteiger partial charge in [0, 0.05) is 12.8 Å². The van der Waals surface area contributed by atoms with Crippen molar-refractivity contribution in [2.75, 3.05) is 20.6 Å². The number of ether oxygens (including phenoxy) is 1. The summed E-state index contributed by atoms with van der Waals surface area (Å²) in [7, 11) is 4.58. The van der Waals surface area contributed by atoms with Crippen LogP contribution in [0, 0.1) is 5.92 Å². The monoisotopic (exact) mass is 353 g/mol. The van der Waals surface area contributed by atoms with Crippen LogP contribution < -0.4 is 24.0 Å². The molecule has 1 saturated heterocycles. The van der Waals surface area contributed by atoms with Crippen LogP contribution in [0.4, 0.5) is 0 Å². The first-order valence-electron chi connectivity index (χ1n) is 6.49. The number of likely N-dealkylation sites (tertiary alicyclic amines) is 1. The predicted molar refractivity (Wildman–Crippen MR) is 62.9 cm³/mol. The van der Waals surface area contributed by atoms with Gasteiger partial charge in [-0.3, -0.25) is 4.79 Å². The number of fused-ring (bicyclic) bond motifs is 1. The molecule has 1 heterocycles. The van der Waals surface area contributed by atoms with Crippen LogP contribution in [-0.4, -0.2) is 43.2 Å². The Labute approximate surface area is 121 Å². The molecule has 0 N–H and O–H groups in total. The maximum atomic E-state index is 11.1. The van der Waals surface area contributed by atoms with Crippen LogP contribution in [0.15, 0.2) is 0 Å². The molecule has 2 fully saturated rings. The second-order valence-electron chi connectivity index (χ2n) is 6.04. The van der Waals surface area contributed by atoms with Crippen molar-refractivity contribution >= 4 is 5.97 Å². The number of carbonyl (C=O) groups is 1. The number of likely N-dealkylation sites (N-methyl/N-ethyl adjacent to an activating group) is 1. The molecule has 2 rings (SSSR count). The van der Waals surface area contributed by atoms with E-state index in [-0.39, 0.29) is 36.0 Å². The summed E-state index contributed by atoms with van der Waals surface area (Å²) in [6.07, 6.45) is 6.64. The van der Waals surface area contributed by atoms with Gasteiger partial charge in [-0.05, 0) is 25.7 Å². The summed E-state index contributed by atoms with van der Waals surface area (Å²) < 4.78 is 6.45. The molecule has 0 amide bonds. The van der Waals surface area contributed by atoms with Crippen molar-refractivity contribution in [2.24, 2.45) is 5.92 Å². The fourth-order valence-corrected chi connectivity index (χ4v) is 3.78. The average Bonchev–Trinajstić information content (AvgIpc) is 2.15. The van der Waals surface area contributed by atoms with Gasteiger partial charge in [0.2, 0.25) is 0 Å². The third kappa shape index (κ3) is 3.56. The maximum Gasteiger partial charge on any atom is 0.303 e. The van der Waals surface area contributed by atoms with Crippen LogP contribution in [0.3, 0.4) is 0 Å². The Kier molecular flexibility index (Phi) is 5.25. The summed E-state index contributed by atoms with van der Waals surface area (Å²) in [5, 5.41) is 0. The van der Waals surface area contributed by atoms with Gasteiger partial charge in [-0.15, -0.1) is 0 Å². The molecule has 0 aromatic heterocycles. The van der Waals surface area contributed by atoms with Gasteiger partial charge < -0.3 is 33.2 Å². The molecule has 1 saturated carbocycles. The van der Waals surface area contributed by atoms with E-state index in [2.05, 4.69) is 14.1 Å². The van der Waals surface area contributed by atoms with Crippen LogP contribution in [0.2, 0.25) is 0 Å². The van der Waals surface area contributed by atoms with E-state index in [0.717, 1.165) is 29.4 Å². The molecule has 0 aromatic rings. The molecule has 1 aliphatic heterocycles. The Morgan fingerprint density at radius 3 is 2.53 bits per heavy atom. The molecule has 3 unspecified atom stereocenters. The van der Waals surface area contributed by atoms with E-state index in [4.69, 9.17) is 4.74 Å². The van der Waals surface area contributed by atoms with Gasteiger partial charge >= 0.3 is 5.97 Å². The zero-order chi connectivity index (χ0) is 11.8. The summed E-state index contributed by atoms with van der Waals surface area (Å²) >= 11 is 0. The topological polar surface area (TPSA) is 26.3 Å². The quantitative estimate of drug-likeness (QED) is 0.342. The second-order valence-corrected chi connectivity index (χ2v) is 6.04. The molecule has 3 atom stereocenters. The van der Waals surface area contributed by atoms with Crippen molar-refractivity contribution in [1.29, 1.82) is 0 Å². The number of piperidine rings is 1. The lowest BCUT2D eigenvalue weighted by atomic mass is 9.76. The molecule has 0 spiro atoms. The molecule has 4 heteroatoms. The van der Waals surface area contributed by atoms with Gasteiger partial charge in [-0.1, -0.05) is 6.42 Å². The first kappa shape index (κ1) is 15.2. The van der Waals surface area contributed by atoms with Gasteiger partial charge in [0.25, 0.3) is 0 Å². The number of hydrogen-bond acceptors (Lipinski definition) is 2. The van der Waals surface area contributed by atoms with Crippen LogP contribution >= 0.6 is 0 Å². The third-order valence-corrected chi connectivity index (χ3v) is 4.34. The molecule has 0 radical (unpaired) electrons. The van der Waals surface area contributed by atoms with Crippen molar-refractivity contribution in [3.8, 4) is 0 Å². The number of rotatable bonds is 1. The number of nitrogens with zero attached hydrogens (tertiary/aromatic N) is 1. The molecule has 1 aliphatic carbocycles. The summed E-state index contributed by atoms with van der Waals surface area (Å²) in [5.74, 6) is 0.640. The van der Waals surface area contributed by atoms with Crippen molar-refractivity contribution in [2.45, 2.75) is 51.2 Å². The normalized spacial score (nSPS) is 35.4. The Balaban J connectivity index is 0.00000144. The highest BCUT2D eigenvalue weighted by Gasteiger charge is 2.45. The predicted octanol–water partition coefficient (Wildman–Crippen LogP) is -1.04. The fraction of sp³-hybridized carbons (Fsp3) is 0.923. The smallest absolute Gasteiger partial charge is 0.303 e. The number of quaternary nitrogens is 1. The van der Waals surface area contributed by atoms with Crippen LogP contribution in [0.25, 0.3) is 0 Å². The zero-order valence-corrected chi connectivity index (χ0v) is 13.3. The SMILES string of the molecule is CC(=O)OC1CC2CCCCC2[N+](C)(C)C1.[I-]. The van der Waals surface area contributed by atoms with Gasteiger partial charge in [0.05, 0.1) is 20.1 Å². The van der Waals surface area contributed by atoms with Crippen LogP contribution in [0.1, 0.15) is 39.0 Å². The Hall–Kier alpha value is 0.160. The summed E-state index contributed by atoms with van der Waals surface area (Å²) in [5.41, 5.74) is 0. The molecule has 0 aromatic carbocycles. The highest BCUT2D eigenvalue weighted by molar-refractivity contribution is 5.66. The van der Waals surface area contributed by atoms with E-state index >= 15 is 0 Å². The molecule has 3 nitrogen and oxygen atoms in total. The van der Waals surface area contributed by atoms with E-state index in [9.17, 15) is 4.79 Å². The lowest BCUT2D eigenvalue weighted by molar-refractivity contribution is -0.928. The fourth-order valence-electron chi connectivity index (χ4n) is 3.78. The van der Waals surface area contributed by atoms with E-state index in [1.54, 1.807) is 0 Å². The van der Waals surface area contributed by atoms with E-state index in [1.807, 2.05) is 0 Å². The number of hydrogen-bond donors (Lipinski definition) is 0. The molecule has 17 heavy (non-hydrogen) atoms. The maximum absolute atomic E-state index is 11.1. The van der Waals surface area contributed by atoms with Gasteiger partial charge in [-0.2, -0.15) is 0 Å². The summed E-state index contributed by atoms with van der Waals surface area (Å²) in [6.45, 7) is 2.51. The Morgan fingerprint density at radius 1 is 1.24 bits per heavy atom. The highest BCUT2D eigenvalue weighted by atomic mass is 127. The van der Waals surface area contributed by atoms with Crippen LogP contribution in [-0.2, 0) is 9.53 Å². The van der Waals surface area contributed by atoms with Gasteiger partial charge in [-0.25, -0.2) is 0 Å². The first-order valence-corrected chi connectivity index (χ1v) is 6.49. The number of carbonyl (C=O) groups excluding carboxylic acids is 1. The lowest BCUT2D eigenvalue weighted by Gasteiger charge is -2.50. The molecule has 2 aliphatic rings. The van der Waals surface area contributed by atoms with Crippen molar-refractivity contribution in [3.63, 3.8) is 0 Å².